The summed E-state index contributed by atoms with van der Waals surface area (Å²) in [5.41, 5.74) is 0. The van der Waals surface area contributed by atoms with E-state index in [1.54, 1.807) is 11.1 Å². The van der Waals surface area contributed by atoms with Gasteiger partial charge in [-0.15, -0.1) is 0 Å². The fourth-order valence-electron chi connectivity index (χ4n) is 2.85. The first-order valence-electron chi connectivity index (χ1n) is 8.27. The topological polar surface area (TPSA) is 76.5 Å². The maximum atomic E-state index is 12.2. The summed E-state index contributed by atoms with van der Waals surface area (Å²) >= 11 is 0. The Balaban J connectivity index is 1.72. The highest BCUT2D eigenvalue weighted by molar-refractivity contribution is 5.93. The number of carbonyl (C=O) groups excluding carboxylic acids is 2. The minimum atomic E-state index is -0.351. The summed E-state index contributed by atoms with van der Waals surface area (Å²) in [7, 11) is 1.88. The lowest BCUT2D eigenvalue weighted by Gasteiger charge is -2.40. The third kappa shape index (κ3) is 3.60. The minimum absolute atomic E-state index is 0.0169. The zero-order chi connectivity index (χ0) is 17.1. The number of likely N-dealkylation sites (N-methyl/N-ethyl adjacent to an activating group) is 1. The molecule has 1 aliphatic heterocycles. The van der Waals surface area contributed by atoms with Gasteiger partial charge < -0.3 is 19.5 Å². The van der Waals surface area contributed by atoms with Gasteiger partial charge in [-0.3, -0.25) is 9.59 Å². The highest BCUT2D eigenvalue weighted by Gasteiger charge is 2.39. The molecule has 3 rings (SSSR count). The summed E-state index contributed by atoms with van der Waals surface area (Å²) in [6.45, 7) is 2.80. The fourth-order valence-corrected chi connectivity index (χ4v) is 2.85. The molecule has 0 bridgehead atoms. The van der Waals surface area contributed by atoms with E-state index in [2.05, 4.69) is 22.1 Å². The molecule has 0 spiro atoms. The molecule has 0 radical (unpaired) electrons. The van der Waals surface area contributed by atoms with Crippen LogP contribution in [0.2, 0.25) is 0 Å². The van der Waals surface area contributed by atoms with E-state index < -0.39 is 0 Å². The Morgan fingerprint density at radius 1 is 1.50 bits per heavy atom. The van der Waals surface area contributed by atoms with Crippen molar-refractivity contribution < 1.29 is 14.3 Å². The van der Waals surface area contributed by atoms with E-state index in [1.165, 1.54) is 0 Å². The molecule has 2 fully saturated rings. The van der Waals surface area contributed by atoms with Crippen molar-refractivity contribution in [3.05, 3.63) is 18.2 Å². The average Bonchev–Trinajstić information content (AvgIpc) is 3.31. The lowest BCUT2D eigenvalue weighted by Crippen LogP contribution is -2.53. The van der Waals surface area contributed by atoms with E-state index in [9.17, 15) is 9.59 Å². The first-order valence-corrected chi connectivity index (χ1v) is 8.27. The van der Waals surface area contributed by atoms with Crippen LogP contribution in [0.1, 0.15) is 31.6 Å². The number of nitrogens with one attached hydrogen (secondary N) is 1. The Hall–Kier alpha value is -2.33. The van der Waals surface area contributed by atoms with Gasteiger partial charge in [-0.05, 0) is 25.7 Å². The van der Waals surface area contributed by atoms with Crippen LogP contribution in [0.15, 0.2) is 12.4 Å². The number of morpholine rings is 1. The number of hydrogen-bond acceptors (Lipinski definition) is 4. The predicted octanol–water partition coefficient (Wildman–Crippen LogP) is 0.238. The predicted molar refractivity (Wildman–Crippen MR) is 86.6 cm³/mol. The molecule has 1 N–H and O–H groups in total. The summed E-state index contributed by atoms with van der Waals surface area (Å²) < 4.78 is 7.57. The molecule has 0 unspecified atom stereocenters. The third-order valence-electron chi connectivity index (χ3n) is 4.32. The molecule has 128 valence electrons. The molecule has 2 aliphatic rings. The minimum Gasteiger partial charge on any atom is -0.364 e. The fraction of sp³-hybridized carbons (Fsp3) is 0.588. The molecule has 7 nitrogen and oxygen atoms in total. The molecular weight excluding hydrogens is 308 g/mol. The van der Waals surface area contributed by atoms with Crippen molar-refractivity contribution in [2.45, 2.75) is 31.9 Å². The number of aryl methyl sites for hydroxylation is 1. The second kappa shape index (κ2) is 7.05. The smallest absolute Gasteiger partial charge is 0.295 e. The van der Waals surface area contributed by atoms with Crippen LogP contribution in [0.3, 0.4) is 0 Å². The molecule has 1 saturated heterocycles. The van der Waals surface area contributed by atoms with Crippen LogP contribution in [0.4, 0.5) is 0 Å². The van der Waals surface area contributed by atoms with E-state index in [0.717, 1.165) is 18.7 Å². The Kier molecular flexibility index (Phi) is 4.86. The van der Waals surface area contributed by atoms with Gasteiger partial charge in [0.25, 0.3) is 5.91 Å². The highest BCUT2D eigenvalue weighted by atomic mass is 16.5. The molecule has 1 saturated carbocycles. The first kappa shape index (κ1) is 16.5. The second-order valence-electron chi connectivity index (χ2n) is 6.12. The van der Waals surface area contributed by atoms with Gasteiger partial charge >= 0.3 is 0 Å². The van der Waals surface area contributed by atoms with Crippen LogP contribution in [-0.4, -0.2) is 52.1 Å². The number of aromatic nitrogens is 2. The molecule has 1 aliphatic carbocycles. The van der Waals surface area contributed by atoms with E-state index in [4.69, 9.17) is 4.74 Å². The Morgan fingerprint density at radius 2 is 2.29 bits per heavy atom. The maximum absolute atomic E-state index is 12.2. The zero-order valence-corrected chi connectivity index (χ0v) is 14.0. The van der Waals surface area contributed by atoms with Crippen molar-refractivity contribution in [2.24, 2.45) is 13.0 Å². The molecule has 7 heteroatoms. The SMILES string of the molecule is CCN1C(=O)CO[C@@H](CNC(=O)C#CC2CC2)[C@@H]1c1nccn1C. The summed E-state index contributed by atoms with van der Waals surface area (Å²) in [6.07, 6.45) is 5.34. The van der Waals surface area contributed by atoms with E-state index >= 15 is 0 Å². The van der Waals surface area contributed by atoms with E-state index in [1.807, 2.05) is 24.7 Å². The van der Waals surface area contributed by atoms with Crippen molar-refractivity contribution in [3.63, 3.8) is 0 Å². The summed E-state index contributed by atoms with van der Waals surface area (Å²) in [5, 5.41) is 2.79. The Bertz CT molecular complexity index is 683. The standard InChI is InChI=1S/C17H22N4O3/c1-3-21-15(23)11-24-13(16(21)17-18-8-9-20(17)2)10-19-14(22)7-6-12-4-5-12/h8-9,12-13,16H,3-5,10-11H2,1-2H3,(H,19,22)/t13-,16+/m0/s1. The monoisotopic (exact) mass is 330 g/mol. The number of ether oxygens (including phenoxy) is 1. The maximum Gasteiger partial charge on any atom is 0.295 e. The van der Waals surface area contributed by atoms with E-state index in [0.29, 0.717) is 19.0 Å². The molecule has 0 aromatic carbocycles. The van der Waals surface area contributed by atoms with Crippen LogP contribution >= 0.6 is 0 Å². The van der Waals surface area contributed by atoms with Crippen LogP contribution in [0, 0.1) is 17.8 Å². The third-order valence-corrected chi connectivity index (χ3v) is 4.32. The first-order chi connectivity index (χ1) is 11.6. The van der Waals surface area contributed by atoms with Crippen LogP contribution in [-0.2, 0) is 21.4 Å². The van der Waals surface area contributed by atoms with Crippen molar-refractivity contribution in [2.75, 3.05) is 19.7 Å². The normalized spacial score (nSPS) is 23.6. The van der Waals surface area contributed by atoms with Gasteiger partial charge in [-0.2, -0.15) is 0 Å². The van der Waals surface area contributed by atoms with Gasteiger partial charge in [0.2, 0.25) is 5.91 Å². The van der Waals surface area contributed by atoms with Gasteiger partial charge in [0.1, 0.15) is 24.6 Å². The molecule has 2 atom stereocenters. The van der Waals surface area contributed by atoms with Crippen LogP contribution in [0.25, 0.3) is 0 Å². The molecule has 1 aromatic rings. The number of imidazole rings is 1. The van der Waals surface area contributed by atoms with Gasteiger partial charge in [-0.25, -0.2) is 4.98 Å². The van der Waals surface area contributed by atoms with Crippen molar-refractivity contribution in [1.82, 2.24) is 19.8 Å². The number of carbonyl (C=O) groups is 2. The van der Waals surface area contributed by atoms with E-state index in [-0.39, 0.29) is 30.6 Å². The quantitative estimate of drug-likeness (QED) is 0.802. The van der Waals surface area contributed by atoms with Gasteiger partial charge in [-0.1, -0.05) is 5.92 Å². The lowest BCUT2D eigenvalue weighted by molar-refractivity contribution is -0.157. The van der Waals surface area contributed by atoms with Crippen molar-refractivity contribution in [1.29, 1.82) is 0 Å². The average molecular weight is 330 g/mol. The number of rotatable bonds is 4. The molecule has 24 heavy (non-hydrogen) atoms. The number of nitrogens with zero attached hydrogens (tertiary/aromatic N) is 3. The highest BCUT2D eigenvalue weighted by Crippen LogP contribution is 2.29. The van der Waals surface area contributed by atoms with Crippen LogP contribution < -0.4 is 5.32 Å². The summed E-state index contributed by atoms with van der Waals surface area (Å²) in [6, 6.07) is -0.326. The largest absolute Gasteiger partial charge is 0.364 e. The molecule has 1 aromatic heterocycles. The van der Waals surface area contributed by atoms with Crippen molar-refractivity contribution in [3.8, 4) is 11.8 Å². The molecule has 2 amide bonds. The molecule has 2 heterocycles. The molecular formula is C17H22N4O3. The zero-order valence-electron chi connectivity index (χ0n) is 14.0. The van der Waals surface area contributed by atoms with Crippen LogP contribution in [0.5, 0.6) is 0 Å². The summed E-state index contributed by atoms with van der Waals surface area (Å²) in [4.78, 5) is 30.1. The van der Waals surface area contributed by atoms with Crippen molar-refractivity contribution >= 4 is 11.8 Å². The Morgan fingerprint density at radius 3 is 2.92 bits per heavy atom. The summed E-state index contributed by atoms with van der Waals surface area (Å²) in [5.74, 6) is 6.32. The second-order valence-corrected chi connectivity index (χ2v) is 6.12. The van der Waals surface area contributed by atoms with Gasteiger partial charge in [0.05, 0.1) is 0 Å². The number of hydrogen-bond donors (Lipinski definition) is 1. The lowest BCUT2D eigenvalue weighted by atomic mass is 10.1. The van der Waals surface area contributed by atoms with Gasteiger partial charge in [0.15, 0.2) is 0 Å². The van der Waals surface area contributed by atoms with Gasteiger partial charge in [0, 0.05) is 38.4 Å². The Labute approximate surface area is 141 Å². The number of amides is 2.